The van der Waals surface area contributed by atoms with Crippen molar-refractivity contribution in [3.8, 4) is 0 Å². The molecule has 1 amide bonds. The lowest BCUT2D eigenvalue weighted by atomic mass is 10.1. The van der Waals surface area contributed by atoms with Crippen LogP contribution in [0.5, 0.6) is 0 Å². The van der Waals surface area contributed by atoms with E-state index in [0.717, 1.165) is 22.9 Å². The number of benzene rings is 2. The molecule has 0 spiro atoms. The number of aromatic nitrogens is 3. The van der Waals surface area contributed by atoms with E-state index in [1.165, 1.54) is 18.3 Å². The molecular formula is C20H17FN4O2. The molecular weight excluding hydrogens is 347 g/mol. The highest BCUT2D eigenvalue weighted by atomic mass is 19.1. The predicted molar refractivity (Wildman–Crippen MR) is 101 cm³/mol. The number of H-pyrrole nitrogens is 2. The number of nitrogens with one attached hydrogen (secondary N) is 3. The van der Waals surface area contributed by atoms with Crippen LogP contribution in [0.15, 0.2) is 53.5 Å². The maximum Gasteiger partial charge on any atom is 0.256 e. The van der Waals surface area contributed by atoms with Gasteiger partial charge in [-0.25, -0.2) is 9.37 Å². The minimum Gasteiger partial charge on any atom is -0.360 e. The molecule has 0 saturated carbocycles. The Labute approximate surface area is 153 Å². The number of para-hydroxylation sites is 2. The number of amides is 1. The molecule has 2 heterocycles. The van der Waals surface area contributed by atoms with Gasteiger partial charge in [0.25, 0.3) is 5.91 Å². The number of carbonyl (C=O) groups excluding carboxylic acids is 1. The average molecular weight is 364 g/mol. The predicted octanol–water partition coefficient (Wildman–Crippen LogP) is 2.91. The number of imidazole rings is 1. The van der Waals surface area contributed by atoms with E-state index in [1.807, 2.05) is 24.3 Å². The second kappa shape index (κ2) is 7.03. The number of halogens is 1. The first-order valence-electron chi connectivity index (χ1n) is 8.64. The maximum atomic E-state index is 13.4. The van der Waals surface area contributed by atoms with Crippen LogP contribution in [0.25, 0.3) is 21.9 Å². The molecule has 3 N–H and O–H groups in total. The SMILES string of the molecule is O=C(NCCCc1nc2ccccc2[nH]1)c1c[nH]c2ccc(F)cc2c1=O. The van der Waals surface area contributed by atoms with Crippen LogP contribution < -0.4 is 10.7 Å². The van der Waals surface area contributed by atoms with Gasteiger partial charge in [0.1, 0.15) is 17.2 Å². The smallest absolute Gasteiger partial charge is 0.256 e. The van der Waals surface area contributed by atoms with E-state index in [0.29, 0.717) is 24.9 Å². The Morgan fingerprint density at radius 3 is 2.85 bits per heavy atom. The molecule has 4 aromatic rings. The highest BCUT2D eigenvalue weighted by molar-refractivity contribution is 5.97. The van der Waals surface area contributed by atoms with E-state index < -0.39 is 17.2 Å². The Bertz CT molecular complexity index is 1160. The number of carbonyl (C=O) groups is 1. The first-order valence-corrected chi connectivity index (χ1v) is 8.64. The third-order valence-electron chi connectivity index (χ3n) is 4.40. The topological polar surface area (TPSA) is 90.6 Å². The van der Waals surface area contributed by atoms with Gasteiger partial charge in [0.05, 0.1) is 11.0 Å². The van der Waals surface area contributed by atoms with Gasteiger partial charge in [-0.3, -0.25) is 9.59 Å². The van der Waals surface area contributed by atoms with E-state index >= 15 is 0 Å². The van der Waals surface area contributed by atoms with Crippen molar-refractivity contribution >= 4 is 27.8 Å². The Kier molecular flexibility index (Phi) is 4.42. The van der Waals surface area contributed by atoms with Gasteiger partial charge < -0.3 is 15.3 Å². The van der Waals surface area contributed by atoms with Crippen LogP contribution in [0, 0.1) is 5.82 Å². The summed E-state index contributed by atoms with van der Waals surface area (Å²) in [4.78, 5) is 35.3. The van der Waals surface area contributed by atoms with Crippen molar-refractivity contribution in [2.24, 2.45) is 0 Å². The molecule has 0 fully saturated rings. The van der Waals surface area contributed by atoms with Gasteiger partial charge in [0, 0.05) is 30.1 Å². The highest BCUT2D eigenvalue weighted by Gasteiger charge is 2.13. The fraction of sp³-hybridized carbons (Fsp3) is 0.150. The molecule has 0 atom stereocenters. The van der Waals surface area contributed by atoms with E-state index in [4.69, 9.17) is 0 Å². The fourth-order valence-electron chi connectivity index (χ4n) is 3.04. The molecule has 0 radical (unpaired) electrons. The summed E-state index contributed by atoms with van der Waals surface area (Å²) in [6.07, 6.45) is 2.71. The zero-order valence-corrected chi connectivity index (χ0v) is 14.4. The molecule has 136 valence electrons. The number of hydrogen-bond donors (Lipinski definition) is 3. The normalized spacial score (nSPS) is 11.1. The van der Waals surface area contributed by atoms with E-state index in [1.54, 1.807) is 0 Å². The van der Waals surface area contributed by atoms with Crippen molar-refractivity contribution in [3.05, 3.63) is 76.1 Å². The largest absolute Gasteiger partial charge is 0.360 e. The lowest BCUT2D eigenvalue weighted by Crippen LogP contribution is -2.29. The Hall–Kier alpha value is -3.48. The van der Waals surface area contributed by atoms with Gasteiger partial charge in [-0.15, -0.1) is 0 Å². The molecule has 0 saturated heterocycles. The summed E-state index contributed by atoms with van der Waals surface area (Å²) in [5.41, 5.74) is 1.86. The maximum absolute atomic E-state index is 13.4. The number of nitrogens with zero attached hydrogens (tertiary/aromatic N) is 1. The zero-order valence-electron chi connectivity index (χ0n) is 14.4. The molecule has 0 unspecified atom stereocenters. The number of hydrogen-bond acceptors (Lipinski definition) is 3. The minimum absolute atomic E-state index is 0.0307. The van der Waals surface area contributed by atoms with Crippen molar-refractivity contribution in [2.75, 3.05) is 6.54 Å². The average Bonchev–Trinajstić information content (AvgIpc) is 3.08. The molecule has 0 aliphatic rings. The highest BCUT2D eigenvalue weighted by Crippen LogP contribution is 2.12. The van der Waals surface area contributed by atoms with Gasteiger partial charge >= 0.3 is 0 Å². The van der Waals surface area contributed by atoms with E-state index in [-0.39, 0.29) is 10.9 Å². The minimum atomic E-state index is -0.517. The standard InChI is InChI=1S/C20H17FN4O2/c21-12-7-8-15-13(10-12)19(26)14(11-23-15)20(27)22-9-3-6-18-24-16-4-1-2-5-17(16)25-18/h1-2,4-5,7-8,10-11H,3,6,9H2,(H,22,27)(H,23,26)(H,24,25). The van der Waals surface area contributed by atoms with Crippen molar-refractivity contribution < 1.29 is 9.18 Å². The van der Waals surface area contributed by atoms with Crippen molar-refractivity contribution in [2.45, 2.75) is 12.8 Å². The van der Waals surface area contributed by atoms with E-state index in [2.05, 4.69) is 20.3 Å². The monoisotopic (exact) mass is 364 g/mol. The quantitative estimate of drug-likeness (QED) is 0.476. The van der Waals surface area contributed by atoms with Crippen LogP contribution in [0.2, 0.25) is 0 Å². The van der Waals surface area contributed by atoms with Crippen LogP contribution >= 0.6 is 0 Å². The van der Waals surface area contributed by atoms with Crippen molar-refractivity contribution in [1.82, 2.24) is 20.3 Å². The summed E-state index contributed by atoms with van der Waals surface area (Å²) in [6.45, 7) is 0.399. The molecule has 0 aliphatic carbocycles. The Morgan fingerprint density at radius 2 is 2.00 bits per heavy atom. The van der Waals surface area contributed by atoms with Gasteiger partial charge in [-0.2, -0.15) is 0 Å². The van der Waals surface area contributed by atoms with Crippen LogP contribution in [-0.4, -0.2) is 27.4 Å². The number of aromatic amines is 2. The van der Waals surface area contributed by atoms with Crippen LogP contribution in [0.4, 0.5) is 4.39 Å². The molecule has 7 heteroatoms. The van der Waals surface area contributed by atoms with Crippen LogP contribution in [-0.2, 0) is 6.42 Å². The Morgan fingerprint density at radius 1 is 1.15 bits per heavy atom. The van der Waals surface area contributed by atoms with Gasteiger partial charge in [-0.05, 0) is 36.8 Å². The number of aryl methyl sites for hydroxylation is 1. The summed E-state index contributed by atoms with van der Waals surface area (Å²) < 4.78 is 13.4. The summed E-state index contributed by atoms with van der Waals surface area (Å²) in [5, 5.41) is 2.89. The van der Waals surface area contributed by atoms with Crippen LogP contribution in [0.3, 0.4) is 0 Å². The summed E-state index contributed by atoms with van der Waals surface area (Å²) >= 11 is 0. The zero-order chi connectivity index (χ0) is 18.8. The summed E-state index contributed by atoms with van der Waals surface area (Å²) in [5.74, 6) is -0.145. The molecule has 0 aliphatic heterocycles. The first kappa shape index (κ1) is 17.0. The molecule has 0 bridgehead atoms. The lowest BCUT2D eigenvalue weighted by molar-refractivity contribution is 0.0952. The number of pyridine rings is 1. The van der Waals surface area contributed by atoms with Gasteiger partial charge in [0.15, 0.2) is 0 Å². The van der Waals surface area contributed by atoms with Gasteiger partial charge in [-0.1, -0.05) is 12.1 Å². The summed E-state index contributed by atoms with van der Waals surface area (Å²) in [7, 11) is 0. The molecule has 6 nitrogen and oxygen atoms in total. The third-order valence-corrected chi connectivity index (χ3v) is 4.40. The molecule has 4 rings (SSSR count). The lowest BCUT2D eigenvalue weighted by Gasteiger charge is -2.05. The fourth-order valence-corrected chi connectivity index (χ4v) is 3.04. The first-order chi connectivity index (χ1) is 13.1. The van der Waals surface area contributed by atoms with Crippen molar-refractivity contribution in [3.63, 3.8) is 0 Å². The number of rotatable bonds is 5. The number of fused-ring (bicyclic) bond motifs is 2. The second-order valence-corrected chi connectivity index (χ2v) is 6.28. The van der Waals surface area contributed by atoms with E-state index in [9.17, 15) is 14.0 Å². The Balaban J connectivity index is 1.40. The van der Waals surface area contributed by atoms with Crippen LogP contribution in [0.1, 0.15) is 22.6 Å². The van der Waals surface area contributed by atoms with Gasteiger partial charge in [0.2, 0.25) is 5.43 Å². The molecule has 2 aromatic carbocycles. The molecule has 2 aromatic heterocycles. The summed E-state index contributed by atoms with van der Waals surface area (Å²) in [6, 6.07) is 11.6. The molecule has 27 heavy (non-hydrogen) atoms. The third kappa shape index (κ3) is 3.44. The second-order valence-electron chi connectivity index (χ2n) is 6.28. The van der Waals surface area contributed by atoms with Crippen molar-refractivity contribution in [1.29, 1.82) is 0 Å².